The van der Waals surface area contributed by atoms with Crippen molar-refractivity contribution in [1.82, 2.24) is 9.97 Å². The van der Waals surface area contributed by atoms with Gasteiger partial charge in [0.05, 0.1) is 17.3 Å². The van der Waals surface area contributed by atoms with Crippen LogP contribution < -0.4 is 0 Å². The Bertz CT molecular complexity index is 805. The third kappa shape index (κ3) is 2.62. The predicted molar refractivity (Wildman–Crippen MR) is 83.2 cm³/mol. The fraction of sp³-hybridized carbons (Fsp3) is 0. The number of hydrogen-bond donors (Lipinski definition) is 0. The average molecular weight is 342 g/mol. The van der Waals surface area contributed by atoms with Crippen molar-refractivity contribution in [3.8, 4) is 27.9 Å². The van der Waals surface area contributed by atoms with Gasteiger partial charge < -0.3 is 0 Å². The Hall–Kier alpha value is -2.03. The number of nitriles is 1. The molecule has 5 heteroatoms. The van der Waals surface area contributed by atoms with E-state index >= 15 is 0 Å². The zero-order valence-electron chi connectivity index (χ0n) is 10.2. The average Bonchev–Trinajstić information content (AvgIpc) is 2.97. The quantitative estimate of drug-likeness (QED) is 0.689. The molecular weight excluding hydrogens is 334 g/mol. The van der Waals surface area contributed by atoms with Crippen LogP contribution in [0.5, 0.6) is 0 Å². The second-order valence-electron chi connectivity index (χ2n) is 4.12. The van der Waals surface area contributed by atoms with Crippen LogP contribution in [0.1, 0.15) is 5.56 Å². The van der Waals surface area contributed by atoms with Gasteiger partial charge in [-0.05, 0) is 34.1 Å². The SMILES string of the molecule is N#Cc1cccc(-c2csc(-c3cncc(Br)c3)n2)c1. The van der Waals surface area contributed by atoms with Crippen LogP contribution in [0.3, 0.4) is 0 Å². The molecule has 0 aliphatic heterocycles. The molecule has 2 heterocycles. The Balaban J connectivity index is 2.00. The molecule has 0 saturated carbocycles. The van der Waals surface area contributed by atoms with E-state index in [2.05, 4.69) is 32.0 Å². The summed E-state index contributed by atoms with van der Waals surface area (Å²) in [6.45, 7) is 0. The molecule has 3 aromatic rings. The highest BCUT2D eigenvalue weighted by atomic mass is 79.9. The van der Waals surface area contributed by atoms with E-state index in [1.807, 2.05) is 29.6 Å². The van der Waals surface area contributed by atoms with Gasteiger partial charge in [-0.15, -0.1) is 11.3 Å². The Morgan fingerprint density at radius 1 is 1.15 bits per heavy atom. The van der Waals surface area contributed by atoms with Crippen LogP contribution in [-0.2, 0) is 0 Å². The van der Waals surface area contributed by atoms with Crippen LogP contribution >= 0.6 is 27.3 Å². The Kier molecular flexibility index (Phi) is 3.59. The van der Waals surface area contributed by atoms with Crippen molar-refractivity contribution in [3.05, 3.63) is 58.1 Å². The molecule has 0 unspecified atom stereocenters. The number of pyridine rings is 1. The number of hydrogen-bond acceptors (Lipinski definition) is 4. The first-order chi connectivity index (χ1) is 9.76. The molecule has 0 amide bonds. The lowest BCUT2D eigenvalue weighted by molar-refractivity contribution is 1.29. The topological polar surface area (TPSA) is 49.6 Å². The molecule has 0 bridgehead atoms. The summed E-state index contributed by atoms with van der Waals surface area (Å²) in [4.78, 5) is 8.76. The maximum Gasteiger partial charge on any atom is 0.125 e. The second kappa shape index (κ2) is 5.53. The fourth-order valence-electron chi connectivity index (χ4n) is 1.82. The number of benzene rings is 1. The molecule has 20 heavy (non-hydrogen) atoms. The minimum Gasteiger partial charge on any atom is -0.263 e. The van der Waals surface area contributed by atoms with E-state index in [1.54, 1.807) is 29.8 Å². The number of nitrogens with zero attached hydrogens (tertiary/aromatic N) is 3. The molecule has 2 aromatic heterocycles. The fourth-order valence-corrected chi connectivity index (χ4v) is 2.99. The lowest BCUT2D eigenvalue weighted by atomic mass is 10.1. The molecule has 3 nitrogen and oxygen atoms in total. The first-order valence-corrected chi connectivity index (χ1v) is 7.50. The van der Waals surface area contributed by atoms with Crippen molar-refractivity contribution in [2.24, 2.45) is 0 Å². The summed E-state index contributed by atoms with van der Waals surface area (Å²) in [5, 5.41) is 11.8. The maximum absolute atomic E-state index is 8.94. The minimum absolute atomic E-state index is 0.640. The van der Waals surface area contributed by atoms with Crippen LogP contribution in [0.25, 0.3) is 21.8 Å². The summed E-state index contributed by atoms with van der Waals surface area (Å²) in [6.07, 6.45) is 3.54. The highest BCUT2D eigenvalue weighted by Crippen LogP contribution is 2.29. The van der Waals surface area contributed by atoms with Crippen LogP contribution in [0.4, 0.5) is 0 Å². The molecule has 1 aromatic carbocycles. The number of rotatable bonds is 2. The third-order valence-electron chi connectivity index (χ3n) is 2.74. The van der Waals surface area contributed by atoms with Gasteiger partial charge in [-0.3, -0.25) is 4.98 Å². The molecule has 0 spiro atoms. The zero-order valence-corrected chi connectivity index (χ0v) is 12.6. The van der Waals surface area contributed by atoms with Crippen molar-refractivity contribution in [1.29, 1.82) is 5.26 Å². The molecule has 3 rings (SSSR count). The van der Waals surface area contributed by atoms with Gasteiger partial charge in [0.15, 0.2) is 0 Å². The third-order valence-corrected chi connectivity index (χ3v) is 4.07. The van der Waals surface area contributed by atoms with Crippen LogP contribution in [0.15, 0.2) is 52.6 Å². The van der Waals surface area contributed by atoms with Gasteiger partial charge in [0, 0.05) is 33.4 Å². The van der Waals surface area contributed by atoms with Gasteiger partial charge in [0.1, 0.15) is 5.01 Å². The summed E-state index contributed by atoms with van der Waals surface area (Å²) in [7, 11) is 0. The summed E-state index contributed by atoms with van der Waals surface area (Å²) >= 11 is 4.97. The molecule has 0 atom stereocenters. The molecule has 0 aliphatic carbocycles. The van der Waals surface area contributed by atoms with E-state index in [9.17, 15) is 0 Å². The standard InChI is InChI=1S/C15H8BrN3S/c16-13-5-12(7-18-8-13)15-19-14(9-20-15)11-3-1-2-10(4-11)6-17/h1-5,7-9H. The monoisotopic (exact) mass is 341 g/mol. The molecule has 0 N–H and O–H groups in total. The largest absolute Gasteiger partial charge is 0.263 e. The lowest BCUT2D eigenvalue weighted by Gasteiger charge is -1.98. The zero-order chi connectivity index (χ0) is 13.9. The maximum atomic E-state index is 8.94. The summed E-state index contributed by atoms with van der Waals surface area (Å²) in [5.74, 6) is 0. The molecule has 0 radical (unpaired) electrons. The van der Waals surface area contributed by atoms with E-state index in [1.165, 1.54) is 0 Å². The van der Waals surface area contributed by atoms with Crippen LogP contribution in [0.2, 0.25) is 0 Å². The predicted octanol–water partition coefficient (Wildman–Crippen LogP) is 4.51. The molecule has 0 saturated heterocycles. The normalized spacial score (nSPS) is 10.2. The van der Waals surface area contributed by atoms with E-state index in [0.717, 1.165) is 26.3 Å². The first-order valence-electron chi connectivity index (χ1n) is 5.83. The number of halogens is 1. The summed E-state index contributed by atoms with van der Waals surface area (Å²) in [5.41, 5.74) is 3.45. The highest BCUT2D eigenvalue weighted by molar-refractivity contribution is 9.10. The summed E-state index contributed by atoms with van der Waals surface area (Å²) in [6, 6.07) is 11.6. The lowest BCUT2D eigenvalue weighted by Crippen LogP contribution is -1.82. The Labute approximate surface area is 128 Å². The highest BCUT2D eigenvalue weighted by Gasteiger charge is 2.08. The van der Waals surface area contributed by atoms with Gasteiger partial charge >= 0.3 is 0 Å². The number of thiazole rings is 1. The molecule has 0 aliphatic rings. The van der Waals surface area contributed by atoms with Crippen molar-refractivity contribution in [2.75, 3.05) is 0 Å². The molecule has 0 fully saturated rings. The minimum atomic E-state index is 0.640. The van der Waals surface area contributed by atoms with E-state index in [4.69, 9.17) is 5.26 Å². The molecule has 96 valence electrons. The van der Waals surface area contributed by atoms with E-state index < -0.39 is 0 Å². The van der Waals surface area contributed by atoms with Crippen molar-refractivity contribution >= 4 is 27.3 Å². The van der Waals surface area contributed by atoms with Gasteiger partial charge in [-0.25, -0.2) is 4.98 Å². The van der Waals surface area contributed by atoms with Gasteiger partial charge in [-0.2, -0.15) is 5.26 Å². The van der Waals surface area contributed by atoms with Crippen LogP contribution in [-0.4, -0.2) is 9.97 Å². The first kappa shape index (κ1) is 13.0. The van der Waals surface area contributed by atoms with E-state index in [0.29, 0.717) is 5.56 Å². The van der Waals surface area contributed by atoms with Gasteiger partial charge in [0.2, 0.25) is 0 Å². The van der Waals surface area contributed by atoms with Crippen molar-refractivity contribution in [3.63, 3.8) is 0 Å². The van der Waals surface area contributed by atoms with Crippen LogP contribution in [0, 0.1) is 11.3 Å². The van der Waals surface area contributed by atoms with Gasteiger partial charge in [0.25, 0.3) is 0 Å². The summed E-state index contributed by atoms with van der Waals surface area (Å²) < 4.78 is 0.929. The second-order valence-corrected chi connectivity index (χ2v) is 5.90. The van der Waals surface area contributed by atoms with Crippen molar-refractivity contribution in [2.45, 2.75) is 0 Å². The molecular formula is C15H8BrN3S. The van der Waals surface area contributed by atoms with E-state index in [-0.39, 0.29) is 0 Å². The Morgan fingerprint density at radius 2 is 2.05 bits per heavy atom. The van der Waals surface area contributed by atoms with Crippen molar-refractivity contribution < 1.29 is 0 Å². The number of aromatic nitrogens is 2. The van der Waals surface area contributed by atoms with Gasteiger partial charge in [-0.1, -0.05) is 12.1 Å². The Morgan fingerprint density at radius 3 is 2.85 bits per heavy atom. The smallest absolute Gasteiger partial charge is 0.125 e.